The van der Waals surface area contributed by atoms with Gasteiger partial charge in [-0.05, 0) is 49.7 Å². The molecule has 4 aliphatic carbocycles. The largest absolute Gasteiger partial charge is 0.481 e. The van der Waals surface area contributed by atoms with Crippen molar-refractivity contribution in [1.29, 1.82) is 0 Å². The van der Waals surface area contributed by atoms with Gasteiger partial charge in [-0.3, -0.25) is 9.59 Å². The van der Waals surface area contributed by atoms with Gasteiger partial charge >= 0.3 is 11.9 Å². The number of aliphatic hydroxyl groups excluding tert-OH is 1. The quantitative estimate of drug-likeness (QED) is 0.484. The lowest BCUT2D eigenvalue weighted by Gasteiger charge is -2.44. The Bertz CT molecular complexity index is 772. The number of carbonyl (C=O) groups is 2. The number of hydrogen-bond acceptors (Lipinski definition) is 5. The van der Waals surface area contributed by atoms with E-state index < -0.39 is 51.9 Å². The second-order valence-electron chi connectivity index (χ2n) is 8.94. The topological polar surface area (TPSA) is 104 Å². The zero-order valence-electron chi connectivity index (χ0n) is 14.1. The minimum absolute atomic E-state index is 0.180. The fraction of sp³-hybridized carbons (Fsp3) is 0.684. The summed E-state index contributed by atoms with van der Waals surface area (Å²) in [6, 6.07) is 0. The molecule has 8 atom stereocenters. The highest BCUT2D eigenvalue weighted by Crippen LogP contribution is 2.77. The lowest BCUT2D eigenvalue weighted by molar-refractivity contribution is -0.163. The zero-order chi connectivity index (χ0) is 18.0. The van der Waals surface area contributed by atoms with Crippen LogP contribution in [0, 0.1) is 28.6 Å². The molecule has 0 aromatic carbocycles. The molecule has 0 radical (unpaired) electrons. The van der Waals surface area contributed by atoms with E-state index in [1.807, 2.05) is 0 Å². The van der Waals surface area contributed by atoms with E-state index in [-0.39, 0.29) is 5.92 Å². The fourth-order valence-electron chi connectivity index (χ4n) is 7.13. The van der Waals surface area contributed by atoms with Gasteiger partial charge in [-0.15, -0.1) is 0 Å². The minimum Gasteiger partial charge on any atom is -0.481 e. The van der Waals surface area contributed by atoms with Crippen molar-refractivity contribution in [2.24, 2.45) is 28.6 Å². The molecule has 134 valence electrons. The summed E-state index contributed by atoms with van der Waals surface area (Å²) in [4.78, 5) is 25.1. The molecular weight excluding hydrogens is 324 g/mol. The van der Waals surface area contributed by atoms with Crippen molar-refractivity contribution in [2.45, 2.75) is 49.9 Å². The van der Waals surface area contributed by atoms with Gasteiger partial charge in [0.05, 0.1) is 17.6 Å². The molecule has 4 fully saturated rings. The number of hydrogen-bond donors (Lipinski definition) is 3. The van der Waals surface area contributed by atoms with E-state index in [1.165, 1.54) is 0 Å². The number of rotatable bonds is 1. The molecule has 1 heterocycles. The number of esters is 1. The van der Waals surface area contributed by atoms with E-state index in [0.717, 1.165) is 0 Å². The Morgan fingerprint density at radius 2 is 2.16 bits per heavy atom. The van der Waals surface area contributed by atoms with E-state index in [1.54, 1.807) is 19.1 Å². The predicted molar refractivity (Wildman–Crippen MR) is 85.2 cm³/mol. The SMILES string of the molecule is C=C1C[C@]23C[C@]1(O)CC[C@H]2[C@@]12C=C[C@@H](O)[C@](C)(C(=O)O1)[C@H]2[C@H]3C(=O)O. The number of aliphatic hydroxyl groups is 2. The van der Waals surface area contributed by atoms with Crippen LogP contribution in [0.3, 0.4) is 0 Å². The summed E-state index contributed by atoms with van der Waals surface area (Å²) in [5.41, 5.74) is -3.29. The van der Waals surface area contributed by atoms with Gasteiger partial charge in [-0.25, -0.2) is 0 Å². The number of fused-ring (bicyclic) bond motifs is 1. The summed E-state index contributed by atoms with van der Waals surface area (Å²) >= 11 is 0. The molecule has 3 N–H and O–H groups in total. The molecule has 1 spiro atoms. The first kappa shape index (κ1) is 15.6. The molecule has 3 saturated carbocycles. The van der Waals surface area contributed by atoms with E-state index >= 15 is 0 Å². The van der Waals surface area contributed by atoms with Crippen LogP contribution in [0.25, 0.3) is 0 Å². The van der Waals surface area contributed by atoms with Crippen LogP contribution in [-0.2, 0) is 14.3 Å². The Morgan fingerprint density at radius 1 is 1.44 bits per heavy atom. The molecule has 6 heteroatoms. The van der Waals surface area contributed by atoms with Crippen molar-refractivity contribution in [3.05, 3.63) is 24.3 Å². The molecule has 6 nitrogen and oxygen atoms in total. The molecule has 0 amide bonds. The molecule has 5 rings (SSSR count). The second-order valence-corrected chi connectivity index (χ2v) is 8.94. The highest BCUT2D eigenvalue weighted by atomic mass is 16.6. The van der Waals surface area contributed by atoms with Crippen molar-refractivity contribution in [2.75, 3.05) is 0 Å². The fourth-order valence-corrected chi connectivity index (χ4v) is 7.13. The first-order valence-corrected chi connectivity index (χ1v) is 8.86. The smallest absolute Gasteiger partial charge is 0.316 e. The maximum Gasteiger partial charge on any atom is 0.316 e. The van der Waals surface area contributed by atoms with Crippen LogP contribution in [0.5, 0.6) is 0 Å². The Kier molecular flexibility index (Phi) is 2.50. The Balaban J connectivity index is 1.78. The average molecular weight is 346 g/mol. The maximum absolute atomic E-state index is 12.7. The van der Waals surface area contributed by atoms with Crippen molar-refractivity contribution < 1.29 is 29.6 Å². The van der Waals surface area contributed by atoms with Crippen LogP contribution in [0.2, 0.25) is 0 Å². The van der Waals surface area contributed by atoms with E-state index in [4.69, 9.17) is 4.74 Å². The molecule has 0 aromatic heterocycles. The van der Waals surface area contributed by atoms with Crippen LogP contribution in [0.15, 0.2) is 24.3 Å². The van der Waals surface area contributed by atoms with E-state index in [9.17, 15) is 24.9 Å². The number of carbonyl (C=O) groups excluding carboxylic acids is 1. The summed E-state index contributed by atoms with van der Waals surface area (Å²) in [5.74, 6) is -3.18. The van der Waals surface area contributed by atoms with Crippen molar-refractivity contribution in [3.63, 3.8) is 0 Å². The molecule has 1 aliphatic heterocycles. The second kappa shape index (κ2) is 4.01. The summed E-state index contributed by atoms with van der Waals surface area (Å²) in [6.07, 6.45) is 4.11. The van der Waals surface area contributed by atoms with Gasteiger partial charge in [-0.2, -0.15) is 0 Å². The van der Waals surface area contributed by atoms with Gasteiger partial charge in [-0.1, -0.05) is 12.7 Å². The Labute approximate surface area is 145 Å². The first-order chi connectivity index (χ1) is 11.6. The lowest BCUT2D eigenvalue weighted by atomic mass is 9.61. The third kappa shape index (κ3) is 1.36. The van der Waals surface area contributed by atoms with Crippen molar-refractivity contribution in [1.82, 2.24) is 0 Å². The highest BCUT2D eigenvalue weighted by molar-refractivity contribution is 5.86. The van der Waals surface area contributed by atoms with Gasteiger partial charge in [0.2, 0.25) is 0 Å². The number of ether oxygens (including phenoxy) is 1. The van der Waals surface area contributed by atoms with Gasteiger partial charge in [0.25, 0.3) is 0 Å². The monoisotopic (exact) mass is 346 g/mol. The van der Waals surface area contributed by atoms with Crippen LogP contribution < -0.4 is 0 Å². The van der Waals surface area contributed by atoms with E-state index in [0.29, 0.717) is 31.3 Å². The third-order valence-corrected chi connectivity index (χ3v) is 8.12. The molecule has 4 bridgehead atoms. The number of aliphatic carboxylic acids is 1. The molecule has 0 unspecified atom stereocenters. The maximum atomic E-state index is 12.7. The molecular formula is C19H22O6. The number of carboxylic acid groups (broad SMARTS) is 1. The summed E-state index contributed by atoms with van der Waals surface area (Å²) in [7, 11) is 0. The van der Waals surface area contributed by atoms with Gasteiger partial charge in [0, 0.05) is 11.8 Å². The van der Waals surface area contributed by atoms with E-state index in [2.05, 4.69) is 6.58 Å². The Morgan fingerprint density at radius 3 is 2.84 bits per heavy atom. The van der Waals surface area contributed by atoms with Crippen molar-refractivity contribution >= 4 is 11.9 Å². The molecule has 1 saturated heterocycles. The first-order valence-electron chi connectivity index (χ1n) is 8.86. The minimum atomic E-state index is -1.27. The Hall–Kier alpha value is -1.66. The summed E-state index contributed by atoms with van der Waals surface area (Å²) in [5, 5.41) is 31.6. The third-order valence-electron chi connectivity index (χ3n) is 8.12. The summed E-state index contributed by atoms with van der Waals surface area (Å²) < 4.78 is 5.87. The zero-order valence-corrected chi connectivity index (χ0v) is 14.1. The molecule has 0 aromatic rings. The predicted octanol–water partition coefficient (Wildman–Crippen LogP) is 1.03. The number of carboxylic acids is 1. The van der Waals surface area contributed by atoms with Crippen LogP contribution >= 0.6 is 0 Å². The molecule has 5 aliphatic rings. The highest BCUT2D eigenvalue weighted by Gasteiger charge is 2.83. The summed E-state index contributed by atoms with van der Waals surface area (Å²) in [6.45, 7) is 5.64. The van der Waals surface area contributed by atoms with Gasteiger partial charge < -0.3 is 20.1 Å². The van der Waals surface area contributed by atoms with Crippen molar-refractivity contribution in [3.8, 4) is 0 Å². The van der Waals surface area contributed by atoms with Gasteiger partial charge in [0.15, 0.2) is 0 Å². The van der Waals surface area contributed by atoms with Crippen LogP contribution in [0.4, 0.5) is 0 Å². The van der Waals surface area contributed by atoms with Crippen LogP contribution in [-0.4, -0.2) is 44.6 Å². The standard InChI is InChI=1S/C19H22O6/c1-9-7-17-8-18(9,24)5-3-10(17)19-6-4-11(20)16(2,15(23)25-19)13(19)12(17)14(21)22/h4,6,10-13,20,24H,1,3,5,7-8H2,2H3,(H,21,22)/t10-,11-,12+,13-,16+,17+,18-,19-/m1/s1. The van der Waals surface area contributed by atoms with Crippen LogP contribution in [0.1, 0.15) is 32.6 Å². The van der Waals surface area contributed by atoms with Gasteiger partial charge in [0.1, 0.15) is 11.0 Å². The normalized spacial score (nSPS) is 58.0. The lowest BCUT2D eigenvalue weighted by Crippen LogP contribution is -2.50. The molecule has 25 heavy (non-hydrogen) atoms. The average Bonchev–Trinajstić information content (AvgIpc) is 2.95.